The van der Waals surface area contributed by atoms with Gasteiger partial charge in [0.15, 0.2) is 0 Å². The van der Waals surface area contributed by atoms with Crippen LogP contribution in [0.1, 0.15) is 28.8 Å². The van der Waals surface area contributed by atoms with E-state index < -0.39 is 6.10 Å². The van der Waals surface area contributed by atoms with E-state index in [1.807, 2.05) is 66.7 Å². The second-order valence-electron chi connectivity index (χ2n) is 6.06. The van der Waals surface area contributed by atoms with Crippen molar-refractivity contribution >= 4 is 0 Å². The van der Waals surface area contributed by atoms with Gasteiger partial charge < -0.3 is 10.2 Å². The average Bonchev–Trinajstić information content (AvgIpc) is 2.70. The van der Waals surface area contributed by atoms with Gasteiger partial charge in [0.1, 0.15) is 0 Å². The largest absolute Gasteiger partial charge is 0.394 e. The Bertz CT molecular complexity index is 707. The van der Waals surface area contributed by atoms with Gasteiger partial charge in [0.05, 0.1) is 24.8 Å². The summed E-state index contributed by atoms with van der Waals surface area (Å²) in [6, 6.07) is 29.6. The van der Waals surface area contributed by atoms with Crippen LogP contribution in [0, 0.1) is 0 Å². The molecule has 3 N–H and O–H groups in total. The minimum Gasteiger partial charge on any atom is -0.394 e. The molecule has 0 unspecified atom stereocenters. The molecule has 0 spiro atoms. The maximum atomic E-state index is 10.4. The van der Waals surface area contributed by atoms with Crippen molar-refractivity contribution in [3.63, 3.8) is 0 Å². The summed E-state index contributed by atoms with van der Waals surface area (Å²) in [7, 11) is 0. The summed E-state index contributed by atoms with van der Waals surface area (Å²) in [6.45, 7) is -0.303. The Kier molecular flexibility index (Phi) is 5.96. The summed E-state index contributed by atoms with van der Waals surface area (Å²) >= 11 is 0. The number of benzene rings is 3. The van der Waals surface area contributed by atoms with E-state index in [1.54, 1.807) is 0 Å². The van der Waals surface area contributed by atoms with E-state index in [9.17, 15) is 10.2 Å². The van der Waals surface area contributed by atoms with Crippen LogP contribution >= 0.6 is 0 Å². The summed E-state index contributed by atoms with van der Waals surface area (Å²) < 4.78 is 0. The van der Waals surface area contributed by atoms with Crippen molar-refractivity contribution in [1.82, 2.24) is 5.32 Å². The number of hydrogen-bond donors (Lipinski definition) is 3. The van der Waals surface area contributed by atoms with Crippen LogP contribution in [0.2, 0.25) is 0 Å². The van der Waals surface area contributed by atoms with Gasteiger partial charge in [0.25, 0.3) is 0 Å². The third-order valence-electron chi connectivity index (χ3n) is 4.34. The number of hydrogen-bond acceptors (Lipinski definition) is 3. The summed E-state index contributed by atoms with van der Waals surface area (Å²) in [5.41, 5.74) is 3.17. The zero-order valence-corrected chi connectivity index (χ0v) is 14.0. The minimum atomic E-state index is -0.891. The van der Waals surface area contributed by atoms with Crippen LogP contribution in [-0.2, 0) is 0 Å². The molecule has 0 saturated carbocycles. The first kappa shape index (κ1) is 17.4. The quantitative estimate of drug-likeness (QED) is 0.621. The molecule has 25 heavy (non-hydrogen) atoms. The molecule has 0 saturated heterocycles. The first-order chi connectivity index (χ1) is 12.3. The Balaban J connectivity index is 1.97. The molecular formula is C22H23NO2. The lowest BCUT2D eigenvalue weighted by atomic mass is 9.94. The minimum absolute atomic E-state index is 0.0891. The topological polar surface area (TPSA) is 52.5 Å². The first-order valence-electron chi connectivity index (χ1n) is 8.49. The SMILES string of the molecule is OC[C@H](O)[C@H](NC(c1ccccc1)c1ccccc1)c1ccccc1. The van der Waals surface area contributed by atoms with Crippen LogP contribution in [0.5, 0.6) is 0 Å². The fourth-order valence-corrected chi connectivity index (χ4v) is 3.05. The van der Waals surface area contributed by atoms with Crippen molar-refractivity contribution in [3.05, 3.63) is 108 Å². The molecule has 2 atom stereocenters. The second-order valence-corrected chi connectivity index (χ2v) is 6.06. The molecule has 3 aromatic carbocycles. The molecule has 128 valence electrons. The number of aliphatic hydroxyl groups is 2. The molecule has 3 nitrogen and oxygen atoms in total. The molecular weight excluding hydrogens is 310 g/mol. The van der Waals surface area contributed by atoms with Gasteiger partial charge in [-0.25, -0.2) is 0 Å². The van der Waals surface area contributed by atoms with Crippen LogP contribution in [0.4, 0.5) is 0 Å². The van der Waals surface area contributed by atoms with Gasteiger partial charge in [-0.15, -0.1) is 0 Å². The molecule has 0 fully saturated rings. The van der Waals surface area contributed by atoms with Crippen molar-refractivity contribution in [3.8, 4) is 0 Å². The monoisotopic (exact) mass is 333 g/mol. The molecule has 0 radical (unpaired) electrons. The molecule has 0 aliphatic rings. The average molecular weight is 333 g/mol. The number of aliphatic hydroxyl groups excluding tert-OH is 2. The van der Waals surface area contributed by atoms with Gasteiger partial charge in [0.2, 0.25) is 0 Å². The van der Waals surface area contributed by atoms with E-state index in [-0.39, 0.29) is 18.7 Å². The Labute approximate surface area is 148 Å². The third kappa shape index (κ3) is 4.34. The van der Waals surface area contributed by atoms with Crippen LogP contribution in [0.15, 0.2) is 91.0 Å². The van der Waals surface area contributed by atoms with E-state index in [1.165, 1.54) is 0 Å². The van der Waals surface area contributed by atoms with E-state index in [4.69, 9.17) is 0 Å². The molecule has 0 amide bonds. The maximum Gasteiger partial charge on any atom is 0.0965 e. The highest BCUT2D eigenvalue weighted by molar-refractivity contribution is 5.33. The van der Waals surface area contributed by atoms with Gasteiger partial charge in [-0.1, -0.05) is 91.0 Å². The molecule has 3 heteroatoms. The highest BCUT2D eigenvalue weighted by Crippen LogP contribution is 2.27. The first-order valence-corrected chi connectivity index (χ1v) is 8.49. The number of nitrogens with one attached hydrogen (secondary N) is 1. The molecule has 3 rings (SSSR count). The maximum absolute atomic E-state index is 10.4. The van der Waals surface area contributed by atoms with Crippen molar-refractivity contribution in [1.29, 1.82) is 0 Å². The Hall–Kier alpha value is -2.46. The molecule has 3 aromatic rings. The van der Waals surface area contributed by atoms with Crippen molar-refractivity contribution in [2.75, 3.05) is 6.61 Å². The van der Waals surface area contributed by atoms with Crippen molar-refractivity contribution in [2.24, 2.45) is 0 Å². The highest BCUT2D eigenvalue weighted by Gasteiger charge is 2.25. The normalized spacial score (nSPS) is 13.6. The van der Waals surface area contributed by atoms with Crippen LogP contribution in [-0.4, -0.2) is 22.9 Å². The van der Waals surface area contributed by atoms with Crippen molar-refractivity contribution in [2.45, 2.75) is 18.2 Å². The summed E-state index contributed by atoms with van der Waals surface area (Å²) in [6.07, 6.45) is -0.891. The zero-order chi connectivity index (χ0) is 17.5. The summed E-state index contributed by atoms with van der Waals surface area (Å²) in [5, 5.41) is 23.5. The van der Waals surface area contributed by atoms with Gasteiger partial charge >= 0.3 is 0 Å². The lowest BCUT2D eigenvalue weighted by Crippen LogP contribution is -2.37. The molecule has 0 aromatic heterocycles. The van der Waals surface area contributed by atoms with E-state index in [0.717, 1.165) is 16.7 Å². The van der Waals surface area contributed by atoms with Crippen molar-refractivity contribution < 1.29 is 10.2 Å². The summed E-state index contributed by atoms with van der Waals surface area (Å²) in [5.74, 6) is 0. The third-order valence-corrected chi connectivity index (χ3v) is 4.34. The smallest absolute Gasteiger partial charge is 0.0965 e. The van der Waals surface area contributed by atoms with Gasteiger partial charge in [0, 0.05) is 0 Å². The van der Waals surface area contributed by atoms with Gasteiger partial charge in [-0.3, -0.25) is 5.32 Å². The van der Waals surface area contributed by atoms with Gasteiger partial charge in [-0.2, -0.15) is 0 Å². The fourth-order valence-electron chi connectivity index (χ4n) is 3.05. The Morgan fingerprint density at radius 2 is 1.04 bits per heavy atom. The van der Waals surface area contributed by atoms with E-state index in [2.05, 4.69) is 29.6 Å². The van der Waals surface area contributed by atoms with Crippen LogP contribution in [0.25, 0.3) is 0 Å². The molecule has 0 aliphatic carbocycles. The van der Waals surface area contributed by atoms with Crippen LogP contribution < -0.4 is 5.32 Å². The van der Waals surface area contributed by atoms with Crippen LogP contribution in [0.3, 0.4) is 0 Å². The van der Waals surface area contributed by atoms with Gasteiger partial charge in [-0.05, 0) is 16.7 Å². The molecule has 0 aliphatic heterocycles. The predicted octanol–water partition coefficient (Wildman–Crippen LogP) is 3.46. The predicted molar refractivity (Wildman–Crippen MR) is 100 cm³/mol. The zero-order valence-electron chi connectivity index (χ0n) is 14.0. The van der Waals surface area contributed by atoms with E-state index in [0.29, 0.717) is 0 Å². The Morgan fingerprint density at radius 3 is 1.44 bits per heavy atom. The van der Waals surface area contributed by atoms with E-state index >= 15 is 0 Å². The second kappa shape index (κ2) is 8.58. The lowest BCUT2D eigenvalue weighted by Gasteiger charge is -2.29. The molecule has 0 heterocycles. The number of rotatable bonds is 7. The highest BCUT2D eigenvalue weighted by atomic mass is 16.3. The fraction of sp³-hybridized carbons (Fsp3) is 0.182. The molecule has 0 bridgehead atoms. The Morgan fingerprint density at radius 1 is 0.640 bits per heavy atom. The summed E-state index contributed by atoms with van der Waals surface area (Å²) in [4.78, 5) is 0. The standard InChI is InChI=1S/C22H23NO2/c24-16-20(25)22(19-14-8-3-9-15-19)23-21(17-10-4-1-5-11-17)18-12-6-2-7-13-18/h1-15,20-25H,16H2/t20-,22+/m0/s1. The lowest BCUT2D eigenvalue weighted by molar-refractivity contribution is 0.0598.